The molecule has 0 aliphatic carbocycles. The molecule has 0 saturated heterocycles. The number of primary amides is 1. The topological polar surface area (TPSA) is 169 Å². The molecule has 42 heavy (non-hydrogen) atoms. The molecule has 4 amide bonds. The van der Waals surface area contributed by atoms with E-state index in [1.807, 2.05) is 44.2 Å². The summed E-state index contributed by atoms with van der Waals surface area (Å²) in [6.45, 7) is 10.6. The number of amides is 4. The van der Waals surface area contributed by atoms with Crippen LogP contribution in [-0.2, 0) is 32.1 Å². The van der Waals surface area contributed by atoms with Gasteiger partial charge in [0.15, 0.2) is 0 Å². The second-order valence-corrected chi connectivity index (χ2v) is 11.6. The molecule has 11 heteroatoms. The van der Waals surface area contributed by atoms with Crippen molar-refractivity contribution in [1.82, 2.24) is 16.0 Å². The van der Waals surface area contributed by atoms with Crippen molar-refractivity contribution in [3.63, 3.8) is 0 Å². The fourth-order valence-electron chi connectivity index (χ4n) is 4.02. The zero-order chi connectivity index (χ0) is 31.4. The molecule has 0 aliphatic heterocycles. The quantitative estimate of drug-likeness (QED) is 0.227. The van der Waals surface area contributed by atoms with Crippen LogP contribution in [0.15, 0.2) is 54.6 Å². The number of aliphatic hydroxyl groups excluding tert-OH is 1. The van der Waals surface area contributed by atoms with Crippen LogP contribution in [0, 0.1) is 5.92 Å². The summed E-state index contributed by atoms with van der Waals surface area (Å²) in [6, 6.07) is 13.2. The highest BCUT2D eigenvalue weighted by Gasteiger charge is 2.32. The van der Waals surface area contributed by atoms with Gasteiger partial charge < -0.3 is 36.3 Å². The number of ether oxygens (including phenoxy) is 2. The summed E-state index contributed by atoms with van der Waals surface area (Å²) in [7, 11) is 0. The molecule has 0 saturated carbocycles. The summed E-state index contributed by atoms with van der Waals surface area (Å²) < 4.78 is 11.1. The smallest absolute Gasteiger partial charge is 0.408 e. The van der Waals surface area contributed by atoms with Crippen molar-refractivity contribution >= 4 is 23.8 Å². The number of hydrogen-bond donors (Lipinski definition) is 5. The van der Waals surface area contributed by atoms with Gasteiger partial charge in [0.2, 0.25) is 17.7 Å². The van der Waals surface area contributed by atoms with Gasteiger partial charge in [0.05, 0.1) is 6.10 Å². The molecule has 0 radical (unpaired) electrons. The van der Waals surface area contributed by atoms with E-state index in [2.05, 4.69) is 16.0 Å². The van der Waals surface area contributed by atoms with Crippen LogP contribution in [-0.4, -0.2) is 58.8 Å². The number of alkyl carbamates (subject to hydrolysis) is 1. The Balaban J connectivity index is 2.23. The third kappa shape index (κ3) is 12.2. The van der Waals surface area contributed by atoms with E-state index in [1.165, 1.54) is 6.92 Å². The Morgan fingerprint density at radius 1 is 0.833 bits per heavy atom. The van der Waals surface area contributed by atoms with E-state index in [0.717, 1.165) is 5.56 Å². The highest BCUT2D eigenvalue weighted by Crippen LogP contribution is 2.16. The van der Waals surface area contributed by atoms with Crippen molar-refractivity contribution in [2.24, 2.45) is 11.7 Å². The standard InChI is InChI=1S/C31H44N4O7/c1-19(2)16-24(34-30(40)42-31(4,5)6)28(38)33-25(29(39)35-26(20(3)36)27(32)37)17-21-12-14-23(15-13-21)41-18-22-10-8-7-9-11-22/h7-15,19-20,24-26,36H,16-18H2,1-6H3,(H2,32,37)(H,33,38)(H,34,40)(H,35,39)/t20-,24-,25+,26+/m0/s1. The van der Waals surface area contributed by atoms with E-state index in [9.17, 15) is 24.3 Å². The molecule has 0 heterocycles. The SMILES string of the molecule is CC(C)C[C@H](NC(=O)OC(C)(C)C)C(=O)N[C@H](Cc1ccc(OCc2ccccc2)cc1)C(=O)N[C@@H](C(N)=O)[C@H](C)O. The lowest BCUT2D eigenvalue weighted by atomic mass is 10.0. The van der Waals surface area contributed by atoms with Crippen molar-refractivity contribution in [3.8, 4) is 5.75 Å². The summed E-state index contributed by atoms with van der Waals surface area (Å²) in [5.74, 6) is -1.61. The largest absolute Gasteiger partial charge is 0.489 e. The molecule has 0 aromatic heterocycles. The molecule has 0 bridgehead atoms. The highest BCUT2D eigenvalue weighted by atomic mass is 16.6. The molecule has 2 aromatic rings. The molecule has 11 nitrogen and oxygen atoms in total. The highest BCUT2D eigenvalue weighted by molar-refractivity contribution is 5.94. The molecule has 0 fully saturated rings. The lowest BCUT2D eigenvalue weighted by Crippen LogP contribution is -2.59. The number of nitrogens with two attached hydrogens (primary N) is 1. The van der Waals surface area contributed by atoms with Gasteiger partial charge >= 0.3 is 6.09 Å². The average molecular weight is 585 g/mol. The molecule has 2 rings (SSSR count). The summed E-state index contributed by atoms with van der Waals surface area (Å²) >= 11 is 0. The van der Waals surface area contributed by atoms with Gasteiger partial charge in [-0.2, -0.15) is 0 Å². The van der Waals surface area contributed by atoms with Crippen molar-refractivity contribution < 1.29 is 33.8 Å². The Bertz CT molecular complexity index is 1180. The third-order valence-electron chi connectivity index (χ3n) is 6.05. The first-order valence-electron chi connectivity index (χ1n) is 14.0. The van der Waals surface area contributed by atoms with E-state index >= 15 is 0 Å². The maximum Gasteiger partial charge on any atom is 0.408 e. The summed E-state index contributed by atoms with van der Waals surface area (Å²) in [6.07, 6.45) is -1.70. The Morgan fingerprint density at radius 2 is 1.43 bits per heavy atom. The number of nitrogens with one attached hydrogen (secondary N) is 3. The first kappa shape index (κ1) is 34.1. The number of hydrogen-bond acceptors (Lipinski definition) is 7. The van der Waals surface area contributed by atoms with E-state index in [1.54, 1.807) is 45.0 Å². The Labute approximate surface area is 247 Å². The number of rotatable bonds is 14. The van der Waals surface area contributed by atoms with Crippen LogP contribution in [0.5, 0.6) is 5.75 Å². The molecular formula is C31H44N4O7. The lowest BCUT2D eigenvalue weighted by molar-refractivity contribution is -0.133. The molecule has 0 spiro atoms. The minimum absolute atomic E-state index is 0.0286. The molecule has 0 aliphatic rings. The van der Waals surface area contributed by atoms with Crippen LogP contribution >= 0.6 is 0 Å². The van der Waals surface area contributed by atoms with Gasteiger partial charge in [-0.1, -0.05) is 56.3 Å². The molecule has 6 N–H and O–H groups in total. The van der Waals surface area contributed by atoms with Gasteiger partial charge in [-0.25, -0.2) is 4.79 Å². The second-order valence-electron chi connectivity index (χ2n) is 11.6. The van der Waals surface area contributed by atoms with Crippen LogP contribution in [0.25, 0.3) is 0 Å². The number of carbonyl (C=O) groups is 4. The van der Waals surface area contributed by atoms with Gasteiger partial charge in [-0.05, 0) is 63.3 Å². The minimum atomic E-state index is -1.36. The molecule has 4 atom stereocenters. The van der Waals surface area contributed by atoms with Gasteiger partial charge in [0.25, 0.3) is 0 Å². The fraction of sp³-hybridized carbons (Fsp3) is 0.484. The van der Waals surface area contributed by atoms with E-state index in [0.29, 0.717) is 17.9 Å². The predicted octanol–water partition coefficient (Wildman–Crippen LogP) is 2.58. The number of carbonyl (C=O) groups excluding carboxylic acids is 4. The number of benzene rings is 2. The maximum atomic E-state index is 13.4. The summed E-state index contributed by atoms with van der Waals surface area (Å²) in [4.78, 5) is 51.0. The normalized spacial score (nSPS) is 14.2. The average Bonchev–Trinajstić information content (AvgIpc) is 2.89. The Hall–Kier alpha value is -4.12. The minimum Gasteiger partial charge on any atom is -0.489 e. The van der Waals surface area contributed by atoms with Crippen LogP contribution in [0.3, 0.4) is 0 Å². The number of aliphatic hydroxyl groups is 1. The maximum absolute atomic E-state index is 13.4. The van der Waals surface area contributed by atoms with E-state index in [-0.39, 0.29) is 18.8 Å². The zero-order valence-corrected chi connectivity index (χ0v) is 25.2. The van der Waals surface area contributed by atoms with Crippen LogP contribution in [0.4, 0.5) is 4.79 Å². The van der Waals surface area contributed by atoms with Gasteiger partial charge in [0, 0.05) is 6.42 Å². The first-order valence-corrected chi connectivity index (χ1v) is 14.0. The zero-order valence-electron chi connectivity index (χ0n) is 25.2. The fourth-order valence-corrected chi connectivity index (χ4v) is 4.02. The van der Waals surface area contributed by atoms with Crippen molar-refractivity contribution in [1.29, 1.82) is 0 Å². The van der Waals surface area contributed by atoms with Crippen LogP contribution in [0.1, 0.15) is 59.1 Å². The molecule has 2 aromatic carbocycles. The van der Waals surface area contributed by atoms with Crippen molar-refractivity contribution in [2.75, 3.05) is 0 Å². The van der Waals surface area contributed by atoms with Gasteiger partial charge in [-0.3, -0.25) is 14.4 Å². The molecule has 0 unspecified atom stereocenters. The molecule has 230 valence electrons. The van der Waals surface area contributed by atoms with Gasteiger partial charge in [0.1, 0.15) is 36.1 Å². The Morgan fingerprint density at radius 3 is 1.95 bits per heavy atom. The third-order valence-corrected chi connectivity index (χ3v) is 6.05. The second kappa shape index (κ2) is 15.8. The Kier molecular flexibility index (Phi) is 12.8. The first-order chi connectivity index (χ1) is 19.6. The van der Waals surface area contributed by atoms with Crippen LogP contribution < -0.4 is 26.4 Å². The predicted molar refractivity (Wildman–Crippen MR) is 158 cm³/mol. The van der Waals surface area contributed by atoms with Gasteiger partial charge in [-0.15, -0.1) is 0 Å². The lowest BCUT2D eigenvalue weighted by Gasteiger charge is -2.27. The van der Waals surface area contributed by atoms with E-state index < -0.39 is 53.6 Å². The van der Waals surface area contributed by atoms with Crippen molar-refractivity contribution in [2.45, 2.75) is 90.8 Å². The summed E-state index contributed by atoms with van der Waals surface area (Å²) in [5.41, 5.74) is 6.29. The summed E-state index contributed by atoms with van der Waals surface area (Å²) in [5, 5.41) is 17.7. The monoisotopic (exact) mass is 584 g/mol. The molecular weight excluding hydrogens is 540 g/mol. The van der Waals surface area contributed by atoms with Crippen LogP contribution in [0.2, 0.25) is 0 Å². The van der Waals surface area contributed by atoms with Crippen molar-refractivity contribution in [3.05, 3.63) is 65.7 Å². The van der Waals surface area contributed by atoms with E-state index in [4.69, 9.17) is 15.2 Å².